The summed E-state index contributed by atoms with van der Waals surface area (Å²) in [5, 5.41) is 0. The number of anilines is 1. The zero-order valence-corrected chi connectivity index (χ0v) is 13.2. The fraction of sp³-hybridized carbons (Fsp3) is 0.500. The van der Waals surface area contributed by atoms with Gasteiger partial charge in [0.2, 0.25) is 10.0 Å². The predicted octanol–water partition coefficient (Wildman–Crippen LogP) is 0.544. The normalized spacial score (nSPS) is 12.5. The van der Waals surface area contributed by atoms with Crippen molar-refractivity contribution in [2.75, 3.05) is 24.3 Å². The van der Waals surface area contributed by atoms with Crippen LogP contribution in [-0.2, 0) is 26.3 Å². The van der Waals surface area contributed by atoms with E-state index in [4.69, 9.17) is 5.73 Å². The van der Waals surface area contributed by atoms with Crippen molar-refractivity contribution in [1.29, 1.82) is 0 Å². The minimum atomic E-state index is -3.65. The van der Waals surface area contributed by atoms with Crippen LogP contribution in [0.5, 0.6) is 0 Å². The summed E-state index contributed by atoms with van der Waals surface area (Å²) < 4.78 is 48.2. The zero-order valence-electron chi connectivity index (χ0n) is 11.6. The van der Waals surface area contributed by atoms with Crippen molar-refractivity contribution in [2.45, 2.75) is 24.7 Å². The Morgan fingerprint density at radius 3 is 2.35 bits per heavy atom. The topological polar surface area (TPSA) is 106 Å². The van der Waals surface area contributed by atoms with Gasteiger partial charge in [-0.05, 0) is 30.5 Å². The second-order valence-electron chi connectivity index (χ2n) is 4.60. The first-order valence-corrected chi connectivity index (χ1v) is 9.76. The lowest BCUT2D eigenvalue weighted by Gasteiger charge is -2.09. The van der Waals surface area contributed by atoms with Crippen LogP contribution in [0.15, 0.2) is 23.1 Å². The van der Waals surface area contributed by atoms with Gasteiger partial charge in [-0.15, -0.1) is 0 Å². The molecule has 0 fully saturated rings. The second kappa shape index (κ2) is 6.55. The molecule has 0 heterocycles. The highest BCUT2D eigenvalue weighted by Crippen LogP contribution is 2.18. The summed E-state index contributed by atoms with van der Waals surface area (Å²) in [4.78, 5) is 0.0894. The minimum absolute atomic E-state index is 0.0492. The standard InChI is InChI=1S/C12H20N2O4S2/c1-3-10-5-6-11(9-12(10)13)20(17,18)14-7-4-8-19(2,15)16/h5-6,9,14H,3-4,7-8,13H2,1-2H3. The highest BCUT2D eigenvalue weighted by Gasteiger charge is 2.15. The molecule has 0 amide bonds. The molecule has 0 unspecified atom stereocenters. The van der Waals surface area contributed by atoms with Gasteiger partial charge in [0.15, 0.2) is 0 Å². The van der Waals surface area contributed by atoms with E-state index >= 15 is 0 Å². The van der Waals surface area contributed by atoms with Gasteiger partial charge in [0.1, 0.15) is 9.84 Å². The lowest BCUT2D eigenvalue weighted by molar-refractivity contribution is 0.577. The third kappa shape index (κ3) is 5.10. The van der Waals surface area contributed by atoms with E-state index < -0.39 is 19.9 Å². The molecule has 0 spiro atoms. The van der Waals surface area contributed by atoms with Crippen molar-refractivity contribution in [1.82, 2.24) is 4.72 Å². The Bertz CT molecular complexity index is 667. The second-order valence-corrected chi connectivity index (χ2v) is 8.62. The summed E-state index contributed by atoms with van der Waals surface area (Å²) in [5.41, 5.74) is 7.10. The van der Waals surface area contributed by atoms with Gasteiger partial charge in [0.05, 0.1) is 10.6 Å². The maximum Gasteiger partial charge on any atom is 0.240 e. The quantitative estimate of drug-likeness (QED) is 0.563. The number of nitrogens with two attached hydrogens (primary N) is 1. The molecule has 0 aliphatic heterocycles. The number of benzene rings is 1. The number of hydrogen-bond acceptors (Lipinski definition) is 5. The van der Waals surface area contributed by atoms with Crippen molar-refractivity contribution in [3.8, 4) is 0 Å². The van der Waals surface area contributed by atoms with Gasteiger partial charge >= 0.3 is 0 Å². The van der Waals surface area contributed by atoms with Crippen LogP contribution in [0.1, 0.15) is 18.9 Å². The van der Waals surface area contributed by atoms with E-state index in [1.54, 1.807) is 6.07 Å². The fourth-order valence-electron chi connectivity index (χ4n) is 1.69. The highest BCUT2D eigenvalue weighted by molar-refractivity contribution is 7.90. The number of rotatable bonds is 7. The molecule has 20 heavy (non-hydrogen) atoms. The SMILES string of the molecule is CCc1ccc(S(=O)(=O)NCCCS(C)(=O)=O)cc1N. The molecule has 6 nitrogen and oxygen atoms in total. The summed E-state index contributed by atoms with van der Waals surface area (Å²) in [6, 6.07) is 4.59. The third-order valence-corrected chi connectivity index (χ3v) is 5.28. The van der Waals surface area contributed by atoms with Crippen molar-refractivity contribution < 1.29 is 16.8 Å². The molecule has 0 bridgehead atoms. The Labute approximate surface area is 120 Å². The van der Waals surface area contributed by atoms with Gasteiger partial charge in [-0.1, -0.05) is 13.0 Å². The van der Waals surface area contributed by atoms with E-state index in [0.29, 0.717) is 5.69 Å². The van der Waals surface area contributed by atoms with E-state index in [1.807, 2.05) is 6.92 Å². The number of nitrogens with one attached hydrogen (secondary N) is 1. The molecule has 3 N–H and O–H groups in total. The summed E-state index contributed by atoms with van der Waals surface area (Å²) in [5.74, 6) is -0.0492. The van der Waals surface area contributed by atoms with Gasteiger partial charge in [-0.2, -0.15) is 0 Å². The molecule has 1 rings (SSSR count). The van der Waals surface area contributed by atoms with Crippen LogP contribution >= 0.6 is 0 Å². The number of nitrogen functional groups attached to an aromatic ring is 1. The van der Waals surface area contributed by atoms with Crippen LogP contribution < -0.4 is 10.5 Å². The van der Waals surface area contributed by atoms with Gasteiger partial charge in [0, 0.05) is 18.5 Å². The number of hydrogen-bond donors (Lipinski definition) is 2. The molecule has 0 saturated carbocycles. The van der Waals surface area contributed by atoms with E-state index in [9.17, 15) is 16.8 Å². The number of aryl methyl sites for hydroxylation is 1. The Balaban J connectivity index is 2.72. The summed E-state index contributed by atoms with van der Waals surface area (Å²) >= 11 is 0. The maximum absolute atomic E-state index is 12.0. The molecular formula is C12H20N2O4S2. The number of sulfonamides is 1. The Morgan fingerprint density at radius 1 is 1.20 bits per heavy atom. The summed E-state index contributed by atoms with van der Waals surface area (Å²) in [6.07, 6.45) is 2.08. The van der Waals surface area contributed by atoms with Crippen LogP contribution in [-0.4, -0.2) is 35.4 Å². The Hall–Kier alpha value is -1.12. The lowest BCUT2D eigenvalue weighted by Crippen LogP contribution is -2.26. The minimum Gasteiger partial charge on any atom is -0.398 e. The first-order valence-electron chi connectivity index (χ1n) is 6.21. The van der Waals surface area contributed by atoms with Crippen molar-refractivity contribution in [2.24, 2.45) is 0 Å². The van der Waals surface area contributed by atoms with Crippen LogP contribution in [0.4, 0.5) is 5.69 Å². The van der Waals surface area contributed by atoms with Gasteiger partial charge in [0.25, 0.3) is 0 Å². The summed E-state index contributed by atoms with van der Waals surface area (Å²) in [7, 11) is -6.73. The molecule has 1 aromatic rings. The van der Waals surface area contributed by atoms with Crippen LogP contribution in [0.3, 0.4) is 0 Å². The predicted molar refractivity (Wildman–Crippen MR) is 79.7 cm³/mol. The lowest BCUT2D eigenvalue weighted by atomic mass is 10.1. The van der Waals surface area contributed by atoms with E-state index in [2.05, 4.69) is 4.72 Å². The van der Waals surface area contributed by atoms with Crippen molar-refractivity contribution in [3.05, 3.63) is 23.8 Å². The summed E-state index contributed by atoms with van der Waals surface area (Å²) in [6.45, 7) is 2.01. The average molecular weight is 320 g/mol. The van der Waals surface area contributed by atoms with Gasteiger partial charge in [-0.25, -0.2) is 21.6 Å². The van der Waals surface area contributed by atoms with Crippen LogP contribution in [0, 0.1) is 0 Å². The van der Waals surface area contributed by atoms with E-state index in [0.717, 1.165) is 18.2 Å². The van der Waals surface area contributed by atoms with Gasteiger partial charge in [-0.3, -0.25) is 0 Å². The Kier molecular flexibility index (Phi) is 5.55. The molecule has 0 aliphatic rings. The molecule has 0 aromatic heterocycles. The van der Waals surface area contributed by atoms with E-state index in [-0.39, 0.29) is 23.6 Å². The fourth-order valence-corrected chi connectivity index (χ4v) is 3.46. The average Bonchev–Trinajstić information content (AvgIpc) is 2.33. The molecule has 114 valence electrons. The first kappa shape index (κ1) is 16.9. The monoisotopic (exact) mass is 320 g/mol. The van der Waals surface area contributed by atoms with E-state index in [1.165, 1.54) is 12.1 Å². The molecule has 0 aliphatic carbocycles. The third-order valence-electron chi connectivity index (χ3n) is 2.79. The molecule has 8 heteroatoms. The molecule has 0 saturated heterocycles. The number of sulfone groups is 1. The van der Waals surface area contributed by atoms with Crippen LogP contribution in [0.25, 0.3) is 0 Å². The van der Waals surface area contributed by atoms with Gasteiger partial charge < -0.3 is 5.73 Å². The first-order chi connectivity index (χ1) is 9.15. The zero-order chi connectivity index (χ0) is 15.4. The highest BCUT2D eigenvalue weighted by atomic mass is 32.2. The van der Waals surface area contributed by atoms with Crippen molar-refractivity contribution >= 4 is 25.5 Å². The molecule has 0 radical (unpaired) electrons. The maximum atomic E-state index is 12.0. The molecular weight excluding hydrogens is 300 g/mol. The molecule has 1 aromatic carbocycles. The largest absolute Gasteiger partial charge is 0.398 e. The Morgan fingerprint density at radius 2 is 1.85 bits per heavy atom. The van der Waals surface area contributed by atoms with Crippen molar-refractivity contribution in [3.63, 3.8) is 0 Å². The van der Waals surface area contributed by atoms with Crippen LogP contribution in [0.2, 0.25) is 0 Å². The molecule has 0 atom stereocenters. The smallest absolute Gasteiger partial charge is 0.240 e.